The fraction of sp³-hybridized carbons (Fsp3) is 0.350. The lowest BCUT2D eigenvalue weighted by Gasteiger charge is -2.46. The lowest BCUT2D eigenvalue weighted by Crippen LogP contribution is -2.63. The zero-order chi connectivity index (χ0) is 19.6. The van der Waals surface area contributed by atoms with Gasteiger partial charge in [0.25, 0.3) is 0 Å². The van der Waals surface area contributed by atoms with Gasteiger partial charge in [-0.3, -0.25) is 4.79 Å². The molecule has 1 saturated heterocycles. The van der Waals surface area contributed by atoms with Crippen LogP contribution in [0.5, 0.6) is 5.75 Å². The summed E-state index contributed by atoms with van der Waals surface area (Å²) in [5, 5.41) is 2.01. The highest BCUT2D eigenvalue weighted by atomic mass is 35.5. The van der Waals surface area contributed by atoms with Gasteiger partial charge in [-0.25, -0.2) is 8.42 Å². The highest BCUT2D eigenvalue weighted by molar-refractivity contribution is 7.92. The number of hydrogen-bond acceptors (Lipinski definition) is 4. The van der Waals surface area contributed by atoms with E-state index in [1.54, 1.807) is 43.3 Å². The molecule has 3 atom stereocenters. The van der Waals surface area contributed by atoms with Crippen molar-refractivity contribution in [2.45, 2.75) is 49.0 Å². The van der Waals surface area contributed by atoms with Crippen molar-refractivity contribution in [3.63, 3.8) is 0 Å². The summed E-state index contributed by atoms with van der Waals surface area (Å²) in [6.07, 6.45) is 0.362. The molecule has 2 bridgehead atoms. The minimum Gasteiger partial charge on any atom is -0.468 e. The molecule has 0 aromatic heterocycles. The smallest absolute Gasteiger partial charge is 0.242 e. The van der Waals surface area contributed by atoms with Crippen LogP contribution in [0.1, 0.15) is 36.0 Å². The third-order valence-corrected chi connectivity index (χ3v) is 7.83. The summed E-state index contributed by atoms with van der Waals surface area (Å²) in [4.78, 5) is 13.0. The van der Waals surface area contributed by atoms with E-state index >= 15 is 0 Å². The van der Waals surface area contributed by atoms with Gasteiger partial charge in [0.2, 0.25) is 5.91 Å². The largest absolute Gasteiger partial charge is 0.468 e. The van der Waals surface area contributed by atoms with Crippen LogP contribution in [0.2, 0.25) is 5.02 Å². The maximum absolute atomic E-state index is 13.4. The molecule has 142 valence electrons. The van der Waals surface area contributed by atoms with Gasteiger partial charge in [-0.2, -0.15) is 0 Å². The van der Waals surface area contributed by atoms with E-state index in [0.717, 1.165) is 11.1 Å². The summed E-state index contributed by atoms with van der Waals surface area (Å²) in [5.41, 5.74) is 1.59. The van der Waals surface area contributed by atoms with Crippen LogP contribution in [0.4, 0.5) is 0 Å². The first-order chi connectivity index (χ1) is 12.6. The first-order valence-corrected chi connectivity index (χ1v) is 10.6. The Hall–Kier alpha value is -2.05. The number of ether oxygens (including phenoxy) is 1. The Morgan fingerprint density at radius 3 is 2.59 bits per heavy atom. The molecule has 0 spiro atoms. The zero-order valence-corrected chi connectivity index (χ0v) is 16.8. The van der Waals surface area contributed by atoms with Gasteiger partial charge in [0.1, 0.15) is 5.75 Å². The van der Waals surface area contributed by atoms with Crippen LogP contribution < -0.4 is 10.1 Å². The summed E-state index contributed by atoms with van der Waals surface area (Å²) in [5.74, 6) is -0.520. The number of amides is 1. The van der Waals surface area contributed by atoms with Gasteiger partial charge in [-0.05, 0) is 62.2 Å². The van der Waals surface area contributed by atoms with E-state index in [2.05, 4.69) is 5.32 Å². The van der Waals surface area contributed by atoms with Crippen LogP contribution in [-0.2, 0) is 14.6 Å². The monoisotopic (exact) mass is 405 g/mol. The maximum Gasteiger partial charge on any atom is 0.242 e. The summed E-state index contributed by atoms with van der Waals surface area (Å²) >= 11 is 6.14. The number of carbonyl (C=O) groups is 1. The summed E-state index contributed by atoms with van der Waals surface area (Å²) < 4.78 is 32.8. The number of sulfone groups is 1. The highest BCUT2D eigenvalue weighted by Gasteiger charge is 2.54. The van der Waals surface area contributed by atoms with Crippen LogP contribution in [0, 0.1) is 13.8 Å². The summed E-state index contributed by atoms with van der Waals surface area (Å²) in [6, 6.07) is 10.1. The molecule has 5 nitrogen and oxygen atoms in total. The second-order valence-electron chi connectivity index (χ2n) is 7.53. The third-order valence-electron chi connectivity index (χ3n) is 5.47. The molecule has 0 aliphatic carbocycles. The van der Waals surface area contributed by atoms with E-state index < -0.39 is 32.6 Å². The Morgan fingerprint density at radius 1 is 1.15 bits per heavy atom. The van der Waals surface area contributed by atoms with Crippen LogP contribution in [0.3, 0.4) is 0 Å². The Balaban J connectivity index is 1.87. The molecule has 2 aliphatic heterocycles. The Kier molecular flexibility index (Phi) is 4.05. The van der Waals surface area contributed by atoms with Crippen molar-refractivity contribution < 1.29 is 17.9 Å². The standard InChI is InChI=1S/C20H20ClNO4S/c1-11-4-6-14(8-12(11)2)27(24,25)18-16-10-20(3,22-19(18)23)26-17-7-5-13(21)9-15(16)17/h4-9,16,18H,10H2,1-3H3,(H,22,23)/t16-,18+,20-/m0/s1. The van der Waals surface area contributed by atoms with Crippen molar-refractivity contribution in [1.29, 1.82) is 0 Å². The molecule has 7 heteroatoms. The van der Waals surface area contributed by atoms with Gasteiger partial charge in [0, 0.05) is 22.9 Å². The number of benzene rings is 2. The van der Waals surface area contributed by atoms with Gasteiger partial charge in [0.15, 0.2) is 20.8 Å². The average molecular weight is 406 g/mol. The van der Waals surface area contributed by atoms with E-state index in [9.17, 15) is 13.2 Å². The molecule has 0 unspecified atom stereocenters. The number of rotatable bonds is 2. The number of piperidine rings is 1. The number of nitrogens with one attached hydrogen (secondary N) is 1. The molecule has 1 fully saturated rings. The normalized spacial score (nSPS) is 26.7. The summed E-state index contributed by atoms with van der Waals surface area (Å²) in [7, 11) is -3.89. The van der Waals surface area contributed by atoms with Crippen molar-refractivity contribution in [2.24, 2.45) is 0 Å². The van der Waals surface area contributed by atoms with Gasteiger partial charge in [-0.1, -0.05) is 17.7 Å². The quantitative estimate of drug-likeness (QED) is 0.829. The van der Waals surface area contributed by atoms with Crippen molar-refractivity contribution in [2.75, 3.05) is 0 Å². The Bertz CT molecular complexity index is 1070. The van der Waals surface area contributed by atoms with Gasteiger partial charge in [-0.15, -0.1) is 0 Å². The lowest BCUT2D eigenvalue weighted by atomic mass is 9.81. The van der Waals surface area contributed by atoms with Crippen LogP contribution in [0.15, 0.2) is 41.3 Å². The first kappa shape index (κ1) is 18.3. The van der Waals surface area contributed by atoms with Crippen LogP contribution >= 0.6 is 11.6 Å². The highest BCUT2D eigenvalue weighted by Crippen LogP contribution is 2.47. The molecule has 27 heavy (non-hydrogen) atoms. The number of carbonyl (C=O) groups excluding carboxylic acids is 1. The molecule has 2 heterocycles. The molecule has 1 N–H and O–H groups in total. The molecule has 2 aromatic carbocycles. The number of hydrogen-bond donors (Lipinski definition) is 1. The molecule has 1 amide bonds. The molecule has 0 saturated carbocycles. The molecule has 2 aliphatic rings. The second-order valence-corrected chi connectivity index (χ2v) is 10.0. The minimum absolute atomic E-state index is 0.157. The predicted octanol–water partition coefficient (Wildman–Crippen LogP) is 3.51. The second kappa shape index (κ2) is 5.97. The van der Waals surface area contributed by atoms with E-state index in [-0.39, 0.29) is 4.90 Å². The number of aryl methyl sites for hydroxylation is 2. The Morgan fingerprint density at radius 2 is 1.89 bits per heavy atom. The zero-order valence-electron chi connectivity index (χ0n) is 15.2. The van der Waals surface area contributed by atoms with E-state index in [1.807, 2.05) is 13.8 Å². The predicted molar refractivity (Wildman–Crippen MR) is 103 cm³/mol. The number of halogens is 1. The first-order valence-electron chi connectivity index (χ1n) is 8.72. The molecule has 2 aromatic rings. The molecule has 4 rings (SSSR count). The van der Waals surface area contributed by atoms with E-state index in [4.69, 9.17) is 16.3 Å². The maximum atomic E-state index is 13.4. The fourth-order valence-electron chi connectivity index (χ4n) is 3.97. The topological polar surface area (TPSA) is 72.5 Å². The van der Waals surface area contributed by atoms with Crippen molar-refractivity contribution in [1.82, 2.24) is 5.32 Å². The van der Waals surface area contributed by atoms with Crippen molar-refractivity contribution in [3.8, 4) is 5.75 Å². The van der Waals surface area contributed by atoms with Crippen LogP contribution in [0.25, 0.3) is 0 Å². The minimum atomic E-state index is -3.89. The summed E-state index contributed by atoms with van der Waals surface area (Å²) in [6.45, 7) is 5.53. The third kappa shape index (κ3) is 2.91. The van der Waals surface area contributed by atoms with E-state index in [0.29, 0.717) is 22.8 Å². The fourth-order valence-corrected chi connectivity index (χ4v) is 6.06. The van der Waals surface area contributed by atoms with E-state index in [1.165, 1.54) is 0 Å². The van der Waals surface area contributed by atoms with Gasteiger partial charge < -0.3 is 10.1 Å². The lowest BCUT2D eigenvalue weighted by molar-refractivity contribution is -0.132. The van der Waals surface area contributed by atoms with Gasteiger partial charge in [0.05, 0.1) is 4.90 Å². The molecular formula is C20H20ClNO4S. The number of fused-ring (bicyclic) bond motifs is 4. The Labute approximate surface area is 163 Å². The molecule has 0 radical (unpaired) electrons. The van der Waals surface area contributed by atoms with Gasteiger partial charge >= 0.3 is 0 Å². The molecular weight excluding hydrogens is 386 g/mol. The SMILES string of the molecule is Cc1ccc(S(=O)(=O)[C@H]2C(=O)N[C@]3(C)C[C@H]2c2cc(Cl)ccc2O3)cc1C. The van der Waals surface area contributed by atoms with Crippen molar-refractivity contribution >= 4 is 27.3 Å². The van der Waals surface area contributed by atoms with Crippen LogP contribution in [-0.4, -0.2) is 25.3 Å². The average Bonchev–Trinajstić information content (AvgIpc) is 2.57. The van der Waals surface area contributed by atoms with Crippen molar-refractivity contribution in [3.05, 3.63) is 58.1 Å².